The van der Waals surface area contributed by atoms with E-state index in [0.717, 1.165) is 29.8 Å². The van der Waals surface area contributed by atoms with Gasteiger partial charge in [-0.1, -0.05) is 23.8 Å². The molecule has 4 nitrogen and oxygen atoms in total. The van der Waals surface area contributed by atoms with E-state index in [1.807, 2.05) is 37.3 Å². The van der Waals surface area contributed by atoms with Gasteiger partial charge in [0.05, 0.1) is 0 Å². The maximum absolute atomic E-state index is 12.8. The van der Waals surface area contributed by atoms with Gasteiger partial charge in [-0.2, -0.15) is 0 Å². The maximum Gasteiger partial charge on any atom is 0.239 e. The molecule has 4 rings (SSSR count). The molecule has 0 radical (unpaired) electrons. The van der Waals surface area contributed by atoms with Crippen molar-refractivity contribution in [3.05, 3.63) is 59.2 Å². The molecule has 1 unspecified atom stereocenters. The first kappa shape index (κ1) is 15.9. The summed E-state index contributed by atoms with van der Waals surface area (Å²) in [5, 5.41) is 2.87. The number of nitrogens with zero attached hydrogens (tertiary/aromatic N) is 1. The first-order valence-corrected chi connectivity index (χ1v) is 8.92. The van der Waals surface area contributed by atoms with Crippen LogP contribution < -0.4 is 10.2 Å². The molecule has 1 aliphatic heterocycles. The molecular formula is C21H22N2O2. The van der Waals surface area contributed by atoms with Crippen molar-refractivity contribution in [1.29, 1.82) is 0 Å². The molecule has 2 aromatic carbocycles. The van der Waals surface area contributed by atoms with Crippen LogP contribution in [0.4, 0.5) is 11.4 Å². The monoisotopic (exact) mass is 334 g/mol. The Morgan fingerprint density at radius 2 is 1.84 bits per heavy atom. The fourth-order valence-electron chi connectivity index (χ4n) is 3.77. The zero-order valence-corrected chi connectivity index (χ0v) is 14.4. The van der Waals surface area contributed by atoms with Gasteiger partial charge in [0.15, 0.2) is 0 Å². The number of benzene rings is 2. The summed E-state index contributed by atoms with van der Waals surface area (Å²) in [4.78, 5) is 27.0. The molecule has 1 N–H and O–H groups in total. The summed E-state index contributed by atoms with van der Waals surface area (Å²) < 4.78 is 0. The number of carbonyl (C=O) groups is 2. The molecular weight excluding hydrogens is 312 g/mol. The number of amides is 2. The molecule has 1 heterocycles. The Labute approximate surface area is 147 Å². The van der Waals surface area contributed by atoms with E-state index in [1.54, 1.807) is 4.90 Å². The highest BCUT2D eigenvalue weighted by Gasteiger charge is 2.37. The Bertz CT molecular complexity index is 826. The normalized spacial score (nSPS) is 19.2. The average Bonchev–Trinajstić information content (AvgIpc) is 3.22. The molecule has 0 aromatic heterocycles. The highest BCUT2D eigenvalue weighted by atomic mass is 16.2. The number of hydrogen-bond donors (Lipinski definition) is 1. The van der Waals surface area contributed by atoms with Crippen molar-refractivity contribution in [2.45, 2.75) is 32.6 Å². The molecule has 2 amide bonds. The largest absolute Gasteiger partial charge is 0.325 e. The second-order valence-corrected chi connectivity index (χ2v) is 6.99. The van der Waals surface area contributed by atoms with Crippen LogP contribution in [-0.2, 0) is 22.4 Å². The molecule has 0 bridgehead atoms. The molecule has 1 aliphatic carbocycles. The van der Waals surface area contributed by atoms with Crippen LogP contribution in [0.25, 0.3) is 0 Å². The summed E-state index contributed by atoms with van der Waals surface area (Å²) in [6.07, 6.45) is 3.97. The van der Waals surface area contributed by atoms with Crippen molar-refractivity contribution in [2.75, 3.05) is 16.8 Å². The molecule has 1 fully saturated rings. The lowest BCUT2D eigenvalue weighted by Gasteiger charge is -2.18. The predicted molar refractivity (Wildman–Crippen MR) is 98.7 cm³/mol. The summed E-state index contributed by atoms with van der Waals surface area (Å²) in [5.41, 5.74) is 5.54. The van der Waals surface area contributed by atoms with Crippen LogP contribution in [0.1, 0.15) is 29.5 Å². The van der Waals surface area contributed by atoms with Crippen molar-refractivity contribution in [2.24, 2.45) is 5.92 Å². The summed E-state index contributed by atoms with van der Waals surface area (Å²) >= 11 is 0. The smallest absolute Gasteiger partial charge is 0.239 e. The van der Waals surface area contributed by atoms with Gasteiger partial charge in [-0.25, -0.2) is 0 Å². The standard InChI is InChI=1S/C21H22N2O2/c1-14-5-8-17(9-6-14)22-20(24)19-11-12-23(21(19)25)18-10-7-15-3-2-4-16(15)13-18/h5-10,13,19H,2-4,11-12H2,1H3,(H,22,24). The van der Waals surface area contributed by atoms with Crippen molar-refractivity contribution < 1.29 is 9.59 Å². The number of anilines is 2. The molecule has 25 heavy (non-hydrogen) atoms. The Morgan fingerprint density at radius 3 is 2.64 bits per heavy atom. The first-order valence-electron chi connectivity index (χ1n) is 8.92. The van der Waals surface area contributed by atoms with Crippen LogP contribution in [0.5, 0.6) is 0 Å². The number of hydrogen-bond acceptors (Lipinski definition) is 2. The Kier molecular flexibility index (Phi) is 4.04. The quantitative estimate of drug-likeness (QED) is 0.874. The van der Waals surface area contributed by atoms with Gasteiger partial charge in [0.1, 0.15) is 5.92 Å². The van der Waals surface area contributed by atoms with Gasteiger partial charge in [0, 0.05) is 17.9 Å². The van der Waals surface area contributed by atoms with E-state index in [9.17, 15) is 9.59 Å². The fraction of sp³-hybridized carbons (Fsp3) is 0.333. The third-order valence-corrected chi connectivity index (χ3v) is 5.23. The van der Waals surface area contributed by atoms with E-state index in [4.69, 9.17) is 0 Å². The lowest BCUT2D eigenvalue weighted by Crippen LogP contribution is -2.33. The molecule has 2 aromatic rings. The van der Waals surface area contributed by atoms with Gasteiger partial charge in [-0.3, -0.25) is 9.59 Å². The molecule has 2 aliphatic rings. The molecule has 4 heteroatoms. The van der Waals surface area contributed by atoms with Gasteiger partial charge in [0.2, 0.25) is 11.8 Å². The zero-order chi connectivity index (χ0) is 17.4. The van der Waals surface area contributed by atoms with Crippen LogP contribution in [0.15, 0.2) is 42.5 Å². The lowest BCUT2D eigenvalue weighted by molar-refractivity contribution is -0.129. The maximum atomic E-state index is 12.8. The predicted octanol–water partition coefficient (Wildman–Crippen LogP) is 3.48. The first-order chi connectivity index (χ1) is 12.1. The van der Waals surface area contributed by atoms with Gasteiger partial charge in [0.25, 0.3) is 0 Å². The van der Waals surface area contributed by atoms with Crippen LogP contribution in [-0.4, -0.2) is 18.4 Å². The SMILES string of the molecule is Cc1ccc(NC(=O)C2CCN(c3ccc4c(c3)CCC4)C2=O)cc1. The number of aryl methyl sites for hydroxylation is 3. The Hall–Kier alpha value is -2.62. The van der Waals surface area contributed by atoms with Gasteiger partial charge in [-0.15, -0.1) is 0 Å². The van der Waals surface area contributed by atoms with Crippen LogP contribution >= 0.6 is 0 Å². The topological polar surface area (TPSA) is 49.4 Å². The molecule has 1 saturated heterocycles. The minimum absolute atomic E-state index is 0.0949. The average molecular weight is 334 g/mol. The van der Waals surface area contributed by atoms with Crippen LogP contribution in [0, 0.1) is 12.8 Å². The molecule has 0 saturated carbocycles. The van der Waals surface area contributed by atoms with Gasteiger partial charge < -0.3 is 10.2 Å². The summed E-state index contributed by atoms with van der Waals surface area (Å²) in [6.45, 7) is 2.60. The van der Waals surface area contributed by atoms with E-state index in [1.165, 1.54) is 17.5 Å². The highest BCUT2D eigenvalue weighted by Crippen LogP contribution is 2.31. The zero-order valence-electron chi connectivity index (χ0n) is 14.4. The van der Waals surface area contributed by atoms with Crippen molar-refractivity contribution >= 4 is 23.2 Å². The summed E-state index contributed by atoms with van der Waals surface area (Å²) in [5.74, 6) is -0.908. The Morgan fingerprint density at radius 1 is 1.08 bits per heavy atom. The van der Waals surface area contributed by atoms with E-state index in [2.05, 4.69) is 17.4 Å². The van der Waals surface area contributed by atoms with Crippen LogP contribution in [0.2, 0.25) is 0 Å². The lowest BCUT2D eigenvalue weighted by atomic mass is 10.1. The van der Waals surface area contributed by atoms with Gasteiger partial charge >= 0.3 is 0 Å². The Balaban J connectivity index is 1.47. The molecule has 128 valence electrons. The molecule has 0 spiro atoms. The number of rotatable bonds is 3. The second-order valence-electron chi connectivity index (χ2n) is 6.99. The number of nitrogens with one attached hydrogen (secondary N) is 1. The van der Waals surface area contributed by atoms with Crippen molar-refractivity contribution in [3.8, 4) is 0 Å². The van der Waals surface area contributed by atoms with E-state index < -0.39 is 5.92 Å². The molecule has 1 atom stereocenters. The third-order valence-electron chi connectivity index (χ3n) is 5.23. The minimum atomic E-state index is -0.602. The van der Waals surface area contributed by atoms with Crippen LogP contribution in [0.3, 0.4) is 0 Å². The minimum Gasteiger partial charge on any atom is -0.325 e. The summed E-state index contributed by atoms with van der Waals surface area (Å²) in [6, 6.07) is 13.9. The van der Waals surface area contributed by atoms with Crippen molar-refractivity contribution in [3.63, 3.8) is 0 Å². The third kappa shape index (κ3) is 3.04. The van der Waals surface area contributed by atoms with Gasteiger partial charge in [-0.05, 0) is 68.0 Å². The summed E-state index contributed by atoms with van der Waals surface area (Å²) in [7, 11) is 0. The second kappa shape index (κ2) is 6.36. The number of carbonyl (C=O) groups excluding carboxylic acids is 2. The van der Waals surface area contributed by atoms with E-state index >= 15 is 0 Å². The number of fused-ring (bicyclic) bond motifs is 1. The van der Waals surface area contributed by atoms with E-state index in [-0.39, 0.29) is 11.8 Å². The fourth-order valence-corrected chi connectivity index (χ4v) is 3.77. The van der Waals surface area contributed by atoms with Crippen molar-refractivity contribution in [1.82, 2.24) is 0 Å². The van der Waals surface area contributed by atoms with E-state index in [0.29, 0.717) is 13.0 Å². The highest BCUT2D eigenvalue weighted by molar-refractivity contribution is 6.13.